The van der Waals surface area contributed by atoms with Gasteiger partial charge >= 0.3 is 6.18 Å². The highest BCUT2D eigenvalue weighted by Crippen LogP contribution is 2.43. The summed E-state index contributed by atoms with van der Waals surface area (Å²) in [5.74, 6) is 0.566. The van der Waals surface area contributed by atoms with Gasteiger partial charge in [0.25, 0.3) is 5.56 Å². The molecular weight excluding hydrogens is 423 g/mol. The van der Waals surface area contributed by atoms with Gasteiger partial charge in [-0.3, -0.25) is 9.48 Å². The summed E-state index contributed by atoms with van der Waals surface area (Å²) >= 11 is 0. The molecule has 1 fully saturated rings. The SMILES string of the molecule is Cc1cc(Nc2nn([C@@H](CC#N)C3CC3)c3cc[nH]c(=O)c23)ccc1[C@@](C)(O)C(F)(F)F. The highest BCUT2D eigenvalue weighted by molar-refractivity contribution is 5.91. The Kier molecular flexibility index (Phi) is 5.25. The molecule has 3 aromatic rings. The third-order valence-corrected chi connectivity index (χ3v) is 5.98. The van der Waals surface area contributed by atoms with Gasteiger partial charge in [0, 0.05) is 11.9 Å². The van der Waals surface area contributed by atoms with Crippen LogP contribution in [-0.4, -0.2) is 26.0 Å². The second-order valence-corrected chi connectivity index (χ2v) is 8.35. The Bertz CT molecular complexity index is 1270. The van der Waals surface area contributed by atoms with E-state index in [2.05, 4.69) is 21.5 Å². The Morgan fingerprint density at radius 1 is 1.38 bits per heavy atom. The van der Waals surface area contributed by atoms with Crippen molar-refractivity contribution in [2.24, 2.45) is 5.92 Å². The van der Waals surface area contributed by atoms with Crippen LogP contribution >= 0.6 is 0 Å². The number of anilines is 2. The lowest BCUT2D eigenvalue weighted by Crippen LogP contribution is -2.39. The molecule has 0 aliphatic heterocycles. The molecule has 2 heterocycles. The molecule has 0 spiro atoms. The number of aryl methyl sites for hydroxylation is 1. The molecule has 0 radical (unpaired) electrons. The summed E-state index contributed by atoms with van der Waals surface area (Å²) in [4.78, 5) is 15.2. The van der Waals surface area contributed by atoms with E-state index in [1.54, 1.807) is 10.7 Å². The lowest BCUT2D eigenvalue weighted by atomic mass is 9.91. The predicted molar refractivity (Wildman–Crippen MR) is 112 cm³/mol. The van der Waals surface area contributed by atoms with Crippen molar-refractivity contribution in [3.05, 3.63) is 51.9 Å². The first-order chi connectivity index (χ1) is 15.0. The Labute approximate surface area is 181 Å². The lowest BCUT2D eigenvalue weighted by molar-refractivity contribution is -0.259. The van der Waals surface area contributed by atoms with Crippen molar-refractivity contribution in [3.8, 4) is 6.07 Å². The summed E-state index contributed by atoms with van der Waals surface area (Å²) in [6.07, 6.45) is -1.08. The maximum Gasteiger partial charge on any atom is 0.421 e. The molecule has 0 bridgehead atoms. The molecule has 4 rings (SSSR count). The fourth-order valence-electron chi connectivity index (χ4n) is 4.04. The number of nitrogens with one attached hydrogen (secondary N) is 2. The Morgan fingerprint density at radius 2 is 2.09 bits per heavy atom. The molecule has 0 saturated heterocycles. The topological polar surface area (TPSA) is 107 Å². The summed E-state index contributed by atoms with van der Waals surface area (Å²) in [5, 5.41) is 27.2. The van der Waals surface area contributed by atoms with Crippen molar-refractivity contribution in [2.75, 3.05) is 5.32 Å². The fraction of sp³-hybridized carbons (Fsp3) is 0.409. The Balaban J connectivity index is 1.75. The Hall–Kier alpha value is -3.32. The van der Waals surface area contributed by atoms with Crippen molar-refractivity contribution in [3.63, 3.8) is 0 Å². The maximum absolute atomic E-state index is 13.2. The number of nitrogens with zero attached hydrogens (tertiary/aromatic N) is 3. The average Bonchev–Trinajstić information content (AvgIpc) is 3.48. The average molecular weight is 445 g/mol. The first-order valence-electron chi connectivity index (χ1n) is 10.2. The first-order valence-corrected chi connectivity index (χ1v) is 10.2. The monoisotopic (exact) mass is 445 g/mol. The normalized spacial score (nSPS) is 17.0. The van der Waals surface area contributed by atoms with Crippen LogP contribution in [0.15, 0.2) is 35.3 Å². The van der Waals surface area contributed by atoms with E-state index in [-0.39, 0.29) is 35.0 Å². The van der Waals surface area contributed by atoms with E-state index < -0.39 is 11.8 Å². The molecule has 1 saturated carbocycles. The molecule has 7 nitrogen and oxygen atoms in total. The molecular formula is C22H22F3N5O2. The van der Waals surface area contributed by atoms with Crippen LogP contribution in [0.1, 0.15) is 43.4 Å². The number of fused-ring (bicyclic) bond motifs is 1. The minimum Gasteiger partial charge on any atom is -0.376 e. The largest absolute Gasteiger partial charge is 0.421 e. The van der Waals surface area contributed by atoms with Crippen molar-refractivity contribution in [2.45, 2.75) is 50.9 Å². The molecule has 1 aliphatic carbocycles. The van der Waals surface area contributed by atoms with Crippen LogP contribution in [-0.2, 0) is 5.60 Å². The van der Waals surface area contributed by atoms with E-state index in [1.807, 2.05) is 0 Å². The number of rotatable bonds is 6. The number of aliphatic hydroxyl groups is 1. The van der Waals surface area contributed by atoms with Gasteiger partial charge in [0.2, 0.25) is 0 Å². The second kappa shape index (κ2) is 7.67. The van der Waals surface area contributed by atoms with Gasteiger partial charge in [-0.1, -0.05) is 6.07 Å². The van der Waals surface area contributed by atoms with E-state index in [9.17, 15) is 28.3 Å². The van der Waals surface area contributed by atoms with E-state index in [1.165, 1.54) is 31.3 Å². The van der Waals surface area contributed by atoms with E-state index in [0.29, 0.717) is 29.4 Å². The van der Waals surface area contributed by atoms with E-state index in [4.69, 9.17) is 0 Å². The highest BCUT2D eigenvalue weighted by Gasteiger charge is 2.51. The molecule has 2 aromatic heterocycles. The highest BCUT2D eigenvalue weighted by atomic mass is 19.4. The van der Waals surface area contributed by atoms with Crippen LogP contribution in [0.4, 0.5) is 24.7 Å². The van der Waals surface area contributed by atoms with Gasteiger partial charge in [0.05, 0.1) is 24.0 Å². The lowest BCUT2D eigenvalue weighted by Gasteiger charge is -2.28. The van der Waals surface area contributed by atoms with Crippen LogP contribution in [0, 0.1) is 24.2 Å². The van der Waals surface area contributed by atoms with Crippen LogP contribution in [0.25, 0.3) is 10.9 Å². The molecule has 2 atom stereocenters. The molecule has 0 amide bonds. The first kappa shape index (κ1) is 21.9. The summed E-state index contributed by atoms with van der Waals surface area (Å²) in [6.45, 7) is 2.19. The second-order valence-electron chi connectivity index (χ2n) is 8.35. The number of H-pyrrole nitrogens is 1. The molecule has 168 valence electrons. The minimum atomic E-state index is -4.83. The molecule has 1 aliphatic rings. The van der Waals surface area contributed by atoms with E-state index >= 15 is 0 Å². The van der Waals surface area contributed by atoms with Crippen molar-refractivity contribution >= 4 is 22.4 Å². The zero-order chi connectivity index (χ0) is 23.3. The summed E-state index contributed by atoms with van der Waals surface area (Å²) < 4.78 is 41.4. The standard InChI is InChI=1S/C22H22F3N5O2/c1-12-11-14(5-6-15(12)21(2,32)22(23,24)25)28-19-18-17(8-10-27-20(18)31)30(29-19)16(7-9-26)13-3-4-13/h5-6,8,10-11,13,16,32H,3-4,7H2,1-2H3,(H,27,31)(H,28,29)/t16-,21+/m0/s1. The number of aromatic amines is 1. The number of nitriles is 1. The van der Waals surface area contributed by atoms with Gasteiger partial charge in [-0.15, -0.1) is 0 Å². The third-order valence-electron chi connectivity index (χ3n) is 5.98. The maximum atomic E-state index is 13.2. The number of alkyl halides is 3. The smallest absolute Gasteiger partial charge is 0.376 e. The minimum absolute atomic E-state index is 0.161. The van der Waals surface area contributed by atoms with Gasteiger partial charge in [-0.25, -0.2) is 0 Å². The summed E-state index contributed by atoms with van der Waals surface area (Å²) in [5.41, 5.74) is -2.38. The van der Waals surface area contributed by atoms with E-state index in [0.717, 1.165) is 12.8 Å². The summed E-state index contributed by atoms with van der Waals surface area (Å²) in [7, 11) is 0. The molecule has 10 heteroatoms. The van der Waals surface area contributed by atoms with Gasteiger partial charge in [0.15, 0.2) is 11.4 Å². The van der Waals surface area contributed by atoms with Gasteiger partial charge in [-0.2, -0.15) is 23.5 Å². The molecule has 1 aromatic carbocycles. The molecule has 3 N–H and O–H groups in total. The van der Waals surface area contributed by atoms with Crippen LogP contribution < -0.4 is 10.9 Å². The number of halogens is 3. The number of hydrogen-bond donors (Lipinski definition) is 3. The molecule has 32 heavy (non-hydrogen) atoms. The van der Waals surface area contributed by atoms with Gasteiger partial charge < -0.3 is 15.4 Å². The van der Waals surface area contributed by atoms with Crippen LogP contribution in [0.2, 0.25) is 0 Å². The van der Waals surface area contributed by atoms with Crippen LogP contribution in [0.3, 0.4) is 0 Å². The fourth-order valence-corrected chi connectivity index (χ4v) is 4.04. The zero-order valence-corrected chi connectivity index (χ0v) is 17.5. The number of aromatic nitrogens is 3. The number of hydrogen-bond acceptors (Lipinski definition) is 5. The van der Waals surface area contributed by atoms with Gasteiger partial charge in [-0.05, 0) is 61.9 Å². The number of benzene rings is 1. The quantitative estimate of drug-likeness (QED) is 0.521. The van der Waals surface area contributed by atoms with Crippen molar-refractivity contribution in [1.29, 1.82) is 5.26 Å². The van der Waals surface area contributed by atoms with Crippen molar-refractivity contribution in [1.82, 2.24) is 14.8 Å². The molecule has 0 unspecified atom stereocenters. The summed E-state index contributed by atoms with van der Waals surface area (Å²) in [6, 6.07) is 7.81. The third kappa shape index (κ3) is 3.73. The zero-order valence-electron chi connectivity index (χ0n) is 17.5. The Morgan fingerprint density at radius 3 is 2.69 bits per heavy atom. The van der Waals surface area contributed by atoms with Gasteiger partial charge in [0.1, 0.15) is 5.39 Å². The predicted octanol–water partition coefficient (Wildman–Crippen LogP) is 4.41. The number of pyridine rings is 1. The van der Waals surface area contributed by atoms with Crippen molar-refractivity contribution < 1.29 is 18.3 Å². The van der Waals surface area contributed by atoms with Crippen LogP contribution in [0.5, 0.6) is 0 Å².